The van der Waals surface area contributed by atoms with Crippen LogP contribution in [0.1, 0.15) is 33.1 Å². The summed E-state index contributed by atoms with van der Waals surface area (Å²) in [5.41, 5.74) is 0. The highest BCUT2D eigenvalue weighted by molar-refractivity contribution is 9.09. The van der Waals surface area contributed by atoms with Gasteiger partial charge in [0.15, 0.2) is 0 Å². The fourth-order valence-electron chi connectivity index (χ4n) is 2.24. The summed E-state index contributed by atoms with van der Waals surface area (Å²) in [6, 6.07) is 4.87. The average Bonchev–Trinajstić information content (AvgIpc) is 2.15. The third kappa shape index (κ3) is 4.64. The Morgan fingerprint density at radius 2 is 1.92 bits per heavy atom. The van der Waals surface area contributed by atoms with Crippen LogP contribution in [0.5, 0.6) is 0 Å². The van der Waals surface area contributed by atoms with Gasteiger partial charge in [-0.05, 0) is 11.8 Å². The summed E-state index contributed by atoms with van der Waals surface area (Å²) in [4.78, 5) is 0. The molecule has 1 saturated heterocycles. The summed E-state index contributed by atoms with van der Waals surface area (Å²) >= 11 is 3.61. The molecule has 0 N–H and O–H groups in total. The van der Waals surface area contributed by atoms with Gasteiger partial charge in [0.2, 0.25) is 0 Å². The molecule has 0 spiro atoms. The number of halogens is 1. The normalized spacial score (nSPS) is 29.5. The average molecular weight is 263 g/mol. The standard InChI is InChI=1S/C11H23BrSi/c1-10(2)3-6-13-7-4-11(9-12)5-8-13/h10-11,13H,3-9H2,1-2H3. The van der Waals surface area contributed by atoms with Gasteiger partial charge in [-0.3, -0.25) is 0 Å². The molecule has 1 aliphatic rings. The van der Waals surface area contributed by atoms with E-state index >= 15 is 0 Å². The Morgan fingerprint density at radius 1 is 1.31 bits per heavy atom. The first-order chi connectivity index (χ1) is 6.22. The molecule has 0 aliphatic carbocycles. The lowest BCUT2D eigenvalue weighted by atomic mass is 10.1. The van der Waals surface area contributed by atoms with Crippen molar-refractivity contribution < 1.29 is 0 Å². The Morgan fingerprint density at radius 3 is 2.38 bits per heavy atom. The highest BCUT2D eigenvalue weighted by atomic mass is 79.9. The first-order valence-corrected chi connectivity index (χ1v) is 9.35. The quantitative estimate of drug-likeness (QED) is 0.530. The van der Waals surface area contributed by atoms with E-state index in [2.05, 4.69) is 29.8 Å². The monoisotopic (exact) mass is 262 g/mol. The maximum atomic E-state index is 3.61. The van der Waals surface area contributed by atoms with Crippen LogP contribution in [0.15, 0.2) is 0 Å². The Hall–Kier alpha value is 0.697. The molecule has 0 unspecified atom stereocenters. The number of hydrogen-bond donors (Lipinski definition) is 0. The van der Waals surface area contributed by atoms with Crippen molar-refractivity contribution in [2.24, 2.45) is 11.8 Å². The third-order valence-corrected chi connectivity index (χ3v) is 7.70. The van der Waals surface area contributed by atoms with E-state index in [1.165, 1.54) is 24.6 Å². The van der Waals surface area contributed by atoms with E-state index in [9.17, 15) is 0 Å². The molecule has 1 heterocycles. The largest absolute Gasteiger partial charge is 0.0925 e. The lowest BCUT2D eigenvalue weighted by Gasteiger charge is -2.26. The maximum Gasteiger partial charge on any atom is 0.0368 e. The van der Waals surface area contributed by atoms with Crippen LogP contribution in [0.4, 0.5) is 0 Å². The van der Waals surface area contributed by atoms with Gasteiger partial charge in [-0.25, -0.2) is 0 Å². The molecule has 2 heteroatoms. The second-order valence-electron chi connectivity index (χ2n) is 5.01. The van der Waals surface area contributed by atoms with Crippen molar-refractivity contribution in [2.45, 2.75) is 51.2 Å². The summed E-state index contributed by atoms with van der Waals surface area (Å²) < 4.78 is 0. The van der Waals surface area contributed by atoms with Crippen molar-refractivity contribution in [2.75, 3.05) is 5.33 Å². The van der Waals surface area contributed by atoms with Crippen molar-refractivity contribution in [3.8, 4) is 0 Å². The zero-order chi connectivity index (χ0) is 9.68. The Kier molecular flexibility index (Phi) is 5.64. The Labute approximate surface area is 93.2 Å². The Balaban J connectivity index is 2.10. The van der Waals surface area contributed by atoms with Crippen LogP contribution in [0.2, 0.25) is 18.1 Å². The van der Waals surface area contributed by atoms with E-state index in [0.29, 0.717) is 0 Å². The van der Waals surface area contributed by atoms with Gasteiger partial charge in [0.05, 0.1) is 0 Å². The van der Waals surface area contributed by atoms with Crippen LogP contribution in [0.25, 0.3) is 0 Å². The predicted octanol–water partition coefficient (Wildman–Crippen LogP) is 4.06. The van der Waals surface area contributed by atoms with E-state index in [1.54, 1.807) is 18.1 Å². The second kappa shape index (κ2) is 6.23. The van der Waals surface area contributed by atoms with Crippen molar-refractivity contribution in [1.29, 1.82) is 0 Å². The number of rotatable bonds is 4. The summed E-state index contributed by atoms with van der Waals surface area (Å²) in [5, 5.41) is 1.25. The van der Waals surface area contributed by atoms with E-state index < -0.39 is 0 Å². The van der Waals surface area contributed by atoms with E-state index in [4.69, 9.17) is 0 Å². The van der Waals surface area contributed by atoms with Crippen LogP contribution in [0, 0.1) is 11.8 Å². The molecule has 78 valence electrons. The summed E-state index contributed by atoms with van der Waals surface area (Å²) in [6.07, 6.45) is 4.55. The van der Waals surface area contributed by atoms with Crippen LogP contribution < -0.4 is 0 Å². The fraction of sp³-hybridized carbons (Fsp3) is 1.00. The summed E-state index contributed by atoms with van der Waals surface area (Å²) in [7, 11) is -0.256. The van der Waals surface area contributed by atoms with E-state index in [-0.39, 0.29) is 8.80 Å². The lowest BCUT2D eigenvalue weighted by Crippen LogP contribution is -2.22. The van der Waals surface area contributed by atoms with Gasteiger partial charge in [-0.15, -0.1) is 0 Å². The molecule has 0 bridgehead atoms. The molecule has 0 aromatic heterocycles. The lowest BCUT2D eigenvalue weighted by molar-refractivity contribution is 0.524. The van der Waals surface area contributed by atoms with Crippen LogP contribution >= 0.6 is 15.9 Å². The predicted molar refractivity (Wildman–Crippen MR) is 67.5 cm³/mol. The molecule has 0 atom stereocenters. The zero-order valence-electron chi connectivity index (χ0n) is 9.06. The zero-order valence-corrected chi connectivity index (χ0v) is 11.8. The smallest absolute Gasteiger partial charge is 0.0368 e. The molecule has 1 rings (SSSR count). The van der Waals surface area contributed by atoms with E-state index in [0.717, 1.165) is 11.8 Å². The number of alkyl halides is 1. The van der Waals surface area contributed by atoms with Crippen LogP contribution in [-0.4, -0.2) is 14.1 Å². The van der Waals surface area contributed by atoms with Gasteiger partial charge in [0.25, 0.3) is 0 Å². The third-order valence-electron chi connectivity index (χ3n) is 3.34. The molecule has 1 aliphatic heterocycles. The summed E-state index contributed by atoms with van der Waals surface area (Å²) in [5.74, 6) is 1.95. The minimum Gasteiger partial charge on any atom is -0.0925 e. The molecule has 0 radical (unpaired) electrons. The van der Waals surface area contributed by atoms with Gasteiger partial charge >= 0.3 is 0 Å². The fourth-order valence-corrected chi connectivity index (χ4v) is 6.78. The van der Waals surface area contributed by atoms with Crippen LogP contribution in [-0.2, 0) is 0 Å². The molecular formula is C11H23BrSi. The van der Waals surface area contributed by atoms with Gasteiger partial charge in [0.1, 0.15) is 0 Å². The van der Waals surface area contributed by atoms with Crippen molar-refractivity contribution in [3.63, 3.8) is 0 Å². The molecule has 0 nitrogen and oxygen atoms in total. The van der Waals surface area contributed by atoms with Gasteiger partial charge in [0, 0.05) is 14.1 Å². The molecule has 0 saturated carbocycles. The topological polar surface area (TPSA) is 0 Å². The van der Waals surface area contributed by atoms with Gasteiger partial charge < -0.3 is 0 Å². The molecule has 0 aromatic carbocycles. The van der Waals surface area contributed by atoms with Crippen molar-refractivity contribution in [1.82, 2.24) is 0 Å². The second-order valence-corrected chi connectivity index (χ2v) is 9.12. The molecular weight excluding hydrogens is 240 g/mol. The molecule has 13 heavy (non-hydrogen) atoms. The molecule has 0 amide bonds. The van der Waals surface area contributed by atoms with Crippen LogP contribution in [0.3, 0.4) is 0 Å². The highest BCUT2D eigenvalue weighted by Crippen LogP contribution is 2.29. The first-order valence-electron chi connectivity index (χ1n) is 5.78. The summed E-state index contributed by atoms with van der Waals surface area (Å²) in [6.45, 7) is 4.72. The minimum absolute atomic E-state index is 0.256. The minimum atomic E-state index is -0.256. The highest BCUT2D eigenvalue weighted by Gasteiger charge is 2.21. The van der Waals surface area contributed by atoms with Crippen molar-refractivity contribution in [3.05, 3.63) is 0 Å². The maximum absolute atomic E-state index is 3.61. The van der Waals surface area contributed by atoms with Gasteiger partial charge in [-0.1, -0.05) is 67.2 Å². The molecule has 0 aromatic rings. The van der Waals surface area contributed by atoms with Crippen molar-refractivity contribution >= 4 is 24.7 Å². The molecule has 1 fully saturated rings. The SMILES string of the molecule is CC(C)CC[SiH]1CCC(CBr)CC1. The Bertz CT molecular complexity index is 128. The number of hydrogen-bond acceptors (Lipinski definition) is 0. The van der Waals surface area contributed by atoms with E-state index in [1.807, 2.05) is 0 Å². The first kappa shape index (κ1) is 11.8. The van der Waals surface area contributed by atoms with Gasteiger partial charge in [-0.2, -0.15) is 0 Å².